The highest BCUT2D eigenvalue weighted by Gasteiger charge is 2.16. The van der Waals surface area contributed by atoms with Crippen LogP contribution in [0.3, 0.4) is 0 Å². The Balaban J connectivity index is 1.63. The molecule has 0 saturated carbocycles. The highest BCUT2D eigenvalue weighted by atomic mass is 16.2. The highest BCUT2D eigenvalue weighted by Crippen LogP contribution is 2.11. The van der Waals surface area contributed by atoms with Crippen LogP contribution in [0.5, 0.6) is 0 Å². The first-order valence-corrected chi connectivity index (χ1v) is 9.36. The van der Waals surface area contributed by atoms with Gasteiger partial charge in [0, 0.05) is 31.3 Å². The number of para-hydroxylation sites is 1. The number of rotatable bonds is 5. The van der Waals surface area contributed by atoms with Crippen molar-refractivity contribution in [2.45, 2.75) is 38.6 Å². The average molecular weight is 368 g/mol. The molecule has 3 rings (SSSR count). The quantitative estimate of drug-likeness (QED) is 0.878. The van der Waals surface area contributed by atoms with Gasteiger partial charge in [-0.05, 0) is 31.0 Å². The molecule has 7 heteroatoms. The van der Waals surface area contributed by atoms with Gasteiger partial charge in [-0.2, -0.15) is 5.10 Å². The molecule has 1 aliphatic heterocycles. The SMILES string of the molecule is O=C(Nc1ccccc1)c1ccc(=O)n(CCC(=O)N2CCCCCC2)n1. The third-order valence-corrected chi connectivity index (χ3v) is 4.63. The molecule has 0 unspecified atom stereocenters. The molecule has 27 heavy (non-hydrogen) atoms. The van der Waals surface area contributed by atoms with E-state index in [0.29, 0.717) is 5.69 Å². The molecule has 1 aromatic carbocycles. The number of hydrogen-bond acceptors (Lipinski definition) is 4. The molecule has 0 atom stereocenters. The summed E-state index contributed by atoms with van der Waals surface area (Å²) in [5.41, 5.74) is 0.467. The minimum absolute atomic E-state index is 0.0322. The van der Waals surface area contributed by atoms with Crippen molar-refractivity contribution in [3.05, 3.63) is 58.5 Å². The van der Waals surface area contributed by atoms with Crippen molar-refractivity contribution in [2.24, 2.45) is 0 Å². The number of nitrogens with one attached hydrogen (secondary N) is 1. The van der Waals surface area contributed by atoms with Gasteiger partial charge >= 0.3 is 0 Å². The van der Waals surface area contributed by atoms with Crippen LogP contribution in [0.25, 0.3) is 0 Å². The van der Waals surface area contributed by atoms with Crippen LogP contribution >= 0.6 is 0 Å². The topological polar surface area (TPSA) is 84.3 Å². The lowest BCUT2D eigenvalue weighted by Crippen LogP contribution is -2.34. The van der Waals surface area contributed by atoms with E-state index in [9.17, 15) is 14.4 Å². The average Bonchev–Trinajstić information content (AvgIpc) is 2.97. The van der Waals surface area contributed by atoms with E-state index in [-0.39, 0.29) is 30.1 Å². The molecular formula is C20H24N4O3. The maximum Gasteiger partial charge on any atom is 0.276 e. The number of likely N-dealkylation sites (tertiary alicyclic amines) is 1. The zero-order valence-electron chi connectivity index (χ0n) is 15.3. The van der Waals surface area contributed by atoms with E-state index in [1.165, 1.54) is 16.8 Å². The van der Waals surface area contributed by atoms with Crippen LogP contribution < -0.4 is 10.9 Å². The van der Waals surface area contributed by atoms with Gasteiger partial charge in [-0.15, -0.1) is 0 Å². The van der Waals surface area contributed by atoms with E-state index in [4.69, 9.17) is 0 Å². The van der Waals surface area contributed by atoms with Crippen LogP contribution in [0.2, 0.25) is 0 Å². The van der Waals surface area contributed by atoms with Crippen LogP contribution in [0, 0.1) is 0 Å². The molecule has 2 heterocycles. The first-order chi connectivity index (χ1) is 13.1. The molecule has 0 aliphatic carbocycles. The van der Waals surface area contributed by atoms with E-state index in [1.54, 1.807) is 12.1 Å². The normalized spacial score (nSPS) is 14.4. The summed E-state index contributed by atoms with van der Waals surface area (Å²) in [6.07, 6.45) is 4.57. The Hall–Kier alpha value is -2.96. The van der Waals surface area contributed by atoms with Gasteiger partial charge in [-0.1, -0.05) is 31.0 Å². The summed E-state index contributed by atoms with van der Waals surface area (Å²) >= 11 is 0. The van der Waals surface area contributed by atoms with Gasteiger partial charge in [-0.25, -0.2) is 4.68 Å². The van der Waals surface area contributed by atoms with E-state index in [0.717, 1.165) is 38.8 Å². The third kappa shape index (κ3) is 5.26. The predicted molar refractivity (Wildman–Crippen MR) is 103 cm³/mol. The second-order valence-electron chi connectivity index (χ2n) is 6.65. The lowest BCUT2D eigenvalue weighted by Gasteiger charge is -2.20. The van der Waals surface area contributed by atoms with Gasteiger partial charge in [0.1, 0.15) is 5.69 Å². The number of carbonyl (C=O) groups excluding carboxylic acids is 2. The first kappa shape index (κ1) is 18.8. The van der Waals surface area contributed by atoms with Gasteiger partial charge in [0.25, 0.3) is 11.5 Å². The summed E-state index contributed by atoms with van der Waals surface area (Å²) in [5.74, 6) is -0.362. The van der Waals surface area contributed by atoms with Crippen molar-refractivity contribution in [3.8, 4) is 0 Å². The Morgan fingerprint density at radius 2 is 1.67 bits per heavy atom. The Labute approximate surface area is 158 Å². The molecule has 1 aromatic heterocycles. The minimum Gasteiger partial charge on any atom is -0.343 e. The number of aryl methyl sites for hydroxylation is 1. The van der Waals surface area contributed by atoms with Gasteiger partial charge < -0.3 is 10.2 Å². The fourth-order valence-corrected chi connectivity index (χ4v) is 3.13. The van der Waals surface area contributed by atoms with Crippen LogP contribution in [0.4, 0.5) is 5.69 Å². The Bertz CT molecular complexity index is 840. The molecule has 2 aromatic rings. The van der Waals surface area contributed by atoms with E-state index >= 15 is 0 Å². The fourth-order valence-electron chi connectivity index (χ4n) is 3.13. The summed E-state index contributed by atoms with van der Waals surface area (Å²) < 4.78 is 1.19. The van der Waals surface area contributed by atoms with Gasteiger partial charge in [0.2, 0.25) is 5.91 Å². The molecule has 0 spiro atoms. The number of nitrogens with zero attached hydrogens (tertiary/aromatic N) is 3. The Morgan fingerprint density at radius 1 is 0.963 bits per heavy atom. The fraction of sp³-hybridized carbons (Fsp3) is 0.400. The van der Waals surface area contributed by atoms with Crippen molar-refractivity contribution in [1.82, 2.24) is 14.7 Å². The van der Waals surface area contributed by atoms with Crippen molar-refractivity contribution < 1.29 is 9.59 Å². The van der Waals surface area contributed by atoms with E-state index in [1.807, 2.05) is 23.1 Å². The van der Waals surface area contributed by atoms with Gasteiger partial charge in [-0.3, -0.25) is 14.4 Å². The molecule has 142 valence electrons. The van der Waals surface area contributed by atoms with Gasteiger partial charge in [0.05, 0.1) is 6.54 Å². The van der Waals surface area contributed by atoms with E-state index < -0.39 is 5.91 Å². The highest BCUT2D eigenvalue weighted by molar-refractivity contribution is 6.02. The summed E-state index contributed by atoms with van der Waals surface area (Å²) in [4.78, 5) is 38.6. The lowest BCUT2D eigenvalue weighted by molar-refractivity contribution is -0.131. The maximum atomic E-state index is 12.4. The van der Waals surface area contributed by atoms with E-state index in [2.05, 4.69) is 10.4 Å². The Morgan fingerprint density at radius 3 is 2.37 bits per heavy atom. The lowest BCUT2D eigenvalue weighted by atomic mass is 10.2. The number of carbonyl (C=O) groups is 2. The molecule has 2 amide bonds. The zero-order valence-corrected chi connectivity index (χ0v) is 15.3. The van der Waals surface area contributed by atoms with Crippen LogP contribution in [-0.2, 0) is 11.3 Å². The van der Waals surface area contributed by atoms with Crippen LogP contribution in [0.1, 0.15) is 42.6 Å². The zero-order chi connectivity index (χ0) is 19.1. The molecule has 0 radical (unpaired) electrons. The summed E-state index contributed by atoms with van der Waals surface area (Å²) in [7, 11) is 0. The summed E-state index contributed by atoms with van der Waals surface area (Å²) in [5, 5.41) is 6.86. The van der Waals surface area contributed by atoms with Crippen LogP contribution in [0.15, 0.2) is 47.3 Å². The van der Waals surface area contributed by atoms with Crippen molar-refractivity contribution in [3.63, 3.8) is 0 Å². The number of amides is 2. The monoisotopic (exact) mass is 368 g/mol. The predicted octanol–water partition coefficient (Wildman–Crippen LogP) is 2.29. The molecule has 1 N–H and O–H groups in total. The maximum absolute atomic E-state index is 12.4. The number of anilines is 1. The molecule has 1 aliphatic rings. The summed E-state index contributed by atoms with van der Waals surface area (Å²) in [6.45, 7) is 1.72. The molecule has 7 nitrogen and oxygen atoms in total. The standard InChI is InChI=1S/C20H24N4O3/c25-18(23-13-6-1-2-7-14-23)12-15-24-19(26)11-10-17(22-24)20(27)21-16-8-4-3-5-9-16/h3-5,8-11H,1-2,6-7,12-15H2,(H,21,27). The first-order valence-electron chi connectivity index (χ1n) is 9.36. The number of hydrogen-bond donors (Lipinski definition) is 1. The Kier molecular flexibility index (Phi) is 6.35. The largest absolute Gasteiger partial charge is 0.343 e. The smallest absolute Gasteiger partial charge is 0.276 e. The van der Waals surface area contributed by atoms with Gasteiger partial charge in [0.15, 0.2) is 0 Å². The third-order valence-electron chi connectivity index (χ3n) is 4.63. The molecular weight excluding hydrogens is 344 g/mol. The second kappa shape index (κ2) is 9.12. The molecule has 0 bridgehead atoms. The number of benzene rings is 1. The second-order valence-corrected chi connectivity index (χ2v) is 6.65. The van der Waals surface area contributed by atoms with Crippen molar-refractivity contribution >= 4 is 17.5 Å². The van der Waals surface area contributed by atoms with Crippen molar-refractivity contribution in [2.75, 3.05) is 18.4 Å². The van der Waals surface area contributed by atoms with Crippen molar-refractivity contribution in [1.29, 1.82) is 0 Å². The molecule has 1 saturated heterocycles. The molecule has 1 fully saturated rings. The number of aromatic nitrogens is 2. The minimum atomic E-state index is -0.395. The van der Waals surface area contributed by atoms with Crippen LogP contribution in [-0.4, -0.2) is 39.6 Å². The summed E-state index contributed by atoms with van der Waals surface area (Å²) in [6, 6.07) is 11.7.